The van der Waals surface area contributed by atoms with E-state index in [4.69, 9.17) is 15.9 Å². The first kappa shape index (κ1) is 12.2. The zero-order chi connectivity index (χ0) is 12.1. The predicted molar refractivity (Wildman–Crippen MR) is 57.1 cm³/mol. The molecule has 86 valence electrons. The van der Waals surface area contributed by atoms with E-state index in [0.29, 0.717) is 5.56 Å². The largest absolute Gasteiger partial charge is 0.481 e. The fraction of sp³-hybridized carbons (Fsp3) is 0.273. The van der Waals surface area contributed by atoms with Crippen molar-refractivity contribution in [3.8, 4) is 0 Å². The first-order chi connectivity index (χ1) is 7.49. The maximum Gasteiger partial charge on any atom is 0.320 e. The summed E-state index contributed by atoms with van der Waals surface area (Å²) >= 11 is 0. The normalized spacial score (nSPS) is 12.1. The monoisotopic (exact) mass is 223 g/mol. The van der Waals surface area contributed by atoms with Gasteiger partial charge in [0, 0.05) is 0 Å². The molecular weight excluding hydrogens is 210 g/mol. The van der Waals surface area contributed by atoms with E-state index in [1.165, 1.54) is 0 Å². The lowest BCUT2D eigenvalue weighted by molar-refractivity contribution is -0.138. The third kappa shape index (κ3) is 3.70. The van der Waals surface area contributed by atoms with Crippen LogP contribution in [0.1, 0.15) is 11.1 Å². The molecule has 0 heterocycles. The highest BCUT2D eigenvalue weighted by atomic mass is 16.4. The van der Waals surface area contributed by atoms with Crippen LogP contribution in [0.25, 0.3) is 0 Å². The van der Waals surface area contributed by atoms with Gasteiger partial charge in [-0.3, -0.25) is 9.59 Å². The SMILES string of the molecule is N[C@@H](Cc1cccc(CC(=O)O)c1)C(=O)O. The molecule has 0 aromatic heterocycles. The number of hydrogen-bond acceptors (Lipinski definition) is 3. The van der Waals surface area contributed by atoms with Gasteiger partial charge in [-0.2, -0.15) is 0 Å². The molecule has 16 heavy (non-hydrogen) atoms. The van der Waals surface area contributed by atoms with E-state index in [0.717, 1.165) is 5.56 Å². The second kappa shape index (κ2) is 5.27. The van der Waals surface area contributed by atoms with Crippen LogP contribution in [0.3, 0.4) is 0 Å². The molecule has 0 saturated carbocycles. The molecule has 0 unspecified atom stereocenters. The van der Waals surface area contributed by atoms with Crippen LogP contribution in [0.15, 0.2) is 24.3 Å². The highest BCUT2D eigenvalue weighted by molar-refractivity contribution is 5.73. The molecule has 1 rings (SSSR count). The van der Waals surface area contributed by atoms with Crippen LogP contribution in [0.5, 0.6) is 0 Å². The summed E-state index contributed by atoms with van der Waals surface area (Å²) in [5, 5.41) is 17.2. The van der Waals surface area contributed by atoms with Crippen molar-refractivity contribution in [2.45, 2.75) is 18.9 Å². The van der Waals surface area contributed by atoms with Crippen LogP contribution in [0, 0.1) is 0 Å². The van der Waals surface area contributed by atoms with Crippen molar-refractivity contribution < 1.29 is 19.8 Å². The van der Waals surface area contributed by atoms with E-state index in [2.05, 4.69) is 0 Å². The van der Waals surface area contributed by atoms with Gasteiger partial charge in [0.25, 0.3) is 0 Å². The number of hydrogen-bond donors (Lipinski definition) is 3. The molecule has 0 spiro atoms. The minimum Gasteiger partial charge on any atom is -0.481 e. The van der Waals surface area contributed by atoms with Gasteiger partial charge in [0.1, 0.15) is 6.04 Å². The lowest BCUT2D eigenvalue weighted by atomic mass is 10.0. The highest BCUT2D eigenvalue weighted by Crippen LogP contribution is 2.08. The average Bonchev–Trinajstić information content (AvgIpc) is 2.16. The van der Waals surface area contributed by atoms with Crippen molar-refractivity contribution in [1.29, 1.82) is 0 Å². The molecule has 0 bridgehead atoms. The van der Waals surface area contributed by atoms with Gasteiger partial charge < -0.3 is 15.9 Å². The molecule has 0 radical (unpaired) electrons. The standard InChI is InChI=1S/C11H13NO4/c12-9(11(15)16)5-7-2-1-3-8(4-7)6-10(13)14/h1-4,9H,5-6,12H2,(H,13,14)(H,15,16)/t9-/m0/s1. The lowest BCUT2D eigenvalue weighted by Crippen LogP contribution is -2.32. The minimum absolute atomic E-state index is 0.0733. The summed E-state index contributed by atoms with van der Waals surface area (Å²) in [6.45, 7) is 0. The summed E-state index contributed by atoms with van der Waals surface area (Å²) in [5.74, 6) is -1.98. The van der Waals surface area contributed by atoms with Gasteiger partial charge in [0.2, 0.25) is 0 Å². The van der Waals surface area contributed by atoms with Crippen molar-refractivity contribution in [2.24, 2.45) is 5.73 Å². The third-order valence-electron chi connectivity index (χ3n) is 2.12. The second-order valence-electron chi connectivity index (χ2n) is 3.54. The van der Waals surface area contributed by atoms with Crippen molar-refractivity contribution in [1.82, 2.24) is 0 Å². The molecule has 5 heteroatoms. The van der Waals surface area contributed by atoms with E-state index in [1.54, 1.807) is 24.3 Å². The Morgan fingerprint density at radius 1 is 1.25 bits per heavy atom. The van der Waals surface area contributed by atoms with Crippen molar-refractivity contribution in [2.75, 3.05) is 0 Å². The number of carboxylic acids is 2. The second-order valence-corrected chi connectivity index (χ2v) is 3.54. The van der Waals surface area contributed by atoms with Crippen LogP contribution in [0.4, 0.5) is 0 Å². The van der Waals surface area contributed by atoms with Crippen molar-refractivity contribution in [3.63, 3.8) is 0 Å². The Morgan fingerprint density at radius 3 is 2.44 bits per heavy atom. The van der Waals surface area contributed by atoms with Gasteiger partial charge in [0.15, 0.2) is 0 Å². The molecule has 5 nitrogen and oxygen atoms in total. The van der Waals surface area contributed by atoms with E-state index in [9.17, 15) is 9.59 Å². The summed E-state index contributed by atoms with van der Waals surface area (Å²) < 4.78 is 0. The fourth-order valence-corrected chi connectivity index (χ4v) is 1.38. The molecule has 0 aliphatic heterocycles. The number of carboxylic acid groups (broad SMARTS) is 2. The molecule has 1 aromatic carbocycles. The maximum absolute atomic E-state index is 10.5. The Hall–Kier alpha value is -1.88. The van der Waals surface area contributed by atoms with Gasteiger partial charge in [-0.05, 0) is 17.5 Å². The number of rotatable bonds is 5. The van der Waals surface area contributed by atoms with Gasteiger partial charge in [-0.15, -0.1) is 0 Å². The summed E-state index contributed by atoms with van der Waals surface area (Å²) in [7, 11) is 0. The Balaban J connectivity index is 2.74. The molecule has 0 amide bonds. The number of carbonyl (C=O) groups is 2. The van der Waals surface area contributed by atoms with E-state index >= 15 is 0 Å². The molecular formula is C11H13NO4. The van der Waals surface area contributed by atoms with Gasteiger partial charge in [0.05, 0.1) is 6.42 Å². The molecule has 0 aliphatic carbocycles. The zero-order valence-corrected chi connectivity index (χ0v) is 8.59. The van der Waals surface area contributed by atoms with Crippen molar-refractivity contribution >= 4 is 11.9 Å². The van der Waals surface area contributed by atoms with E-state index < -0.39 is 18.0 Å². The van der Waals surface area contributed by atoms with Crippen LogP contribution in [0.2, 0.25) is 0 Å². The maximum atomic E-state index is 10.5. The smallest absolute Gasteiger partial charge is 0.320 e. The molecule has 0 aliphatic rings. The summed E-state index contributed by atoms with van der Waals surface area (Å²) in [5.41, 5.74) is 6.76. The predicted octanol–water partition coefficient (Wildman–Crippen LogP) is 0.268. The molecule has 0 fully saturated rings. The topological polar surface area (TPSA) is 101 Å². The zero-order valence-electron chi connectivity index (χ0n) is 8.59. The molecule has 0 saturated heterocycles. The van der Waals surface area contributed by atoms with Crippen molar-refractivity contribution in [3.05, 3.63) is 35.4 Å². The molecule has 1 aromatic rings. The Kier molecular flexibility index (Phi) is 4.02. The lowest BCUT2D eigenvalue weighted by Gasteiger charge is -2.07. The van der Waals surface area contributed by atoms with E-state index in [1.807, 2.05) is 0 Å². The van der Waals surface area contributed by atoms with Crippen LogP contribution < -0.4 is 5.73 Å². The third-order valence-corrected chi connectivity index (χ3v) is 2.12. The number of benzene rings is 1. The fourth-order valence-electron chi connectivity index (χ4n) is 1.38. The first-order valence-electron chi connectivity index (χ1n) is 4.77. The molecule has 4 N–H and O–H groups in total. The Morgan fingerprint density at radius 2 is 1.88 bits per heavy atom. The average molecular weight is 223 g/mol. The van der Waals surface area contributed by atoms with Crippen LogP contribution >= 0.6 is 0 Å². The molecule has 1 atom stereocenters. The first-order valence-corrected chi connectivity index (χ1v) is 4.77. The number of aliphatic carboxylic acids is 2. The quantitative estimate of drug-likeness (QED) is 0.665. The van der Waals surface area contributed by atoms with Gasteiger partial charge in [-0.25, -0.2) is 0 Å². The Bertz CT molecular complexity index is 403. The van der Waals surface area contributed by atoms with Crippen LogP contribution in [-0.4, -0.2) is 28.2 Å². The summed E-state index contributed by atoms with van der Waals surface area (Å²) in [4.78, 5) is 21.0. The van der Waals surface area contributed by atoms with Gasteiger partial charge in [-0.1, -0.05) is 24.3 Å². The highest BCUT2D eigenvalue weighted by Gasteiger charge is 2.12. The van der Waals surface area contributed by atoms with Gasteiger partial charge >= 0.3 is 11.9 Å². The summed E-state index contributed by atoms with van der Waals surface area (Å²) in [6, 6.07) is 5.82. The van der Waals surface area contributed by atoms with E-state index in [-0.39, 0.29) is 12.8 Å². The number of nitrogens with two attached hydrogens (primary N) is 1. The summed E-state index contributed by atoms with van der Waals surface area (Å²) in [6.07, 6.45) is 0.124. The minimum atomic E-state index is -1.07. The Labute approximate surface area is 92.5 Å². The van der Waals surface area contributed by atoms with Crippen LogP contribution in [-0.2, 0) is 22.4 Å².